The van der Waals surface area contributed by atoms with Gasteiger partial charge in [0.2, 0.25) is 5.91 Å². The second-order valence-corrected chi connectivity index (χ2v) is 5.06. The van der Waals surface area contributed by atoms with Gasteiger partial charge >= 0.3 is 0 Å². The third-order valence-electron chi connectivity index (χ3n) is 3.27. The lowest BCUT2D eigenvalue weighted by Crippen LogP contribution is -2.50. The van der Waals surface area contributed by atoms with Crippen LogP contribution >= 0.6 is 0 Å². The maximum absolute atomic E-state index is 11.8. The minimum atomic E-state index is 0.180. The largest absolute Gasteiger partial charge is 0.341 e. The monoisotopic (exact) mass is 212 g/mol. The first kappa shape index (κ1) is 12.5. The van der Waals surface area contributed by atoms with Crippen molar-refractivity contribution in [2.24, 2.45) is 17.6 Å². The van der Waals surface area contributed by atoms with E-state index in [9.17, 15) is 4.79 Å². The molecule has 0 aromatic carbocycles. The number of rotatable bonds is 3. The molecule has 1 heterocycles. The second-order valence-electron chi connectivity index (χ2n) is 5.06. The van der Waals surface area contributed by atoms with Crippen molar-refractivity contribution in [3.05, 3.63) is 0 Å². The first-order valence-electron chi connectivity index (χ1n) is 6.08. The van der Waals surface area contributed by atoms with Crippen LogP contribution in [0.3, 0.4) is 0 Å². The summed E-state index contributed by atoms with van der Waals surface area (Å²) in [6.07, 6.45) is 2.86. The van der Waals surface area contributed by atoms with Gasteiger partial charge in [0.25, 0.3) is 0 Å². The molecule has 0 saturated carbocycles. The molecule has 0 aliphatic carbocycles. The summed E-state index contributed by atoms with van der Waals surface area (Å²) in [6, 6.07) is 0.180. The Kier molecular flexibility index (Phi) is 4.58. The van der Waals surface area contributed by atoms with Crippen LogP contribution in [0.1, 0.15) is 40.0 Å². The molecule has 2 atom stereocenters. The highest BCUT2D eigenvalue weighted by Crippen LogP contribution is 2.20. The van der Waals surface area contributed by atoms with Gasteiger partial charge in [0.15, 0.2) is 0 Å². The van der Waals surface area contributed by atoms with Crippen molar-refractivity contribution in [2.75, 3.05) is 13.1 Å². The van der Waals surface area contributed by atoms with Crippen LogP contribution in [0, 0.1) is 11.8 Å². The fourth-order valence-electron chi connectivity index (χ4n) is 2.24. The van der Waals surface area contributed by atoms with E-state index in [1.165, 1.54) is 0 Å². The first-order chi connectivity index (χ1) is 7.04. The number of nitrogens with two attached hydrogens (primary N) is 1. The van der Waals surface area contributed by atoms with Gasteiger partial charge in [-0.25, -0.2) is 0 Å². The zero-order valence-electron chi connectivity index (χ0n) is 10.2. The molecule has 1 aliphatic rings. The van der Waals surface area contributed by atoms with E-state index >= 15 is 0 Å². The summed E-state index contributed by atoms with van der Waals surface area (Å²) in [5.74, 6) is 1.32. The topological polar surface area (TPSA) is 46.3 Å². The van der Waals surface area contributed by atoms with Gasteiger partial charge in [-0.1, -0.05) is 27.2 Å². The van der Waals surface area contributed by atoms with Crippen LogP contribution in [0.15, 0.2) is 0 Å². The number of carbonyl (C=O) groups excluding carboxylic acids is 1. The third-order valence-corrected chi connectivity index (χ3v) is 3.27. The minimum absolute atomic E-state index is 0.180. The summed E-state index contributed by atoms with van der Waals surface area (Å²) < 4.78 is 0. The zero-order valence-corrected chi connectivity index (χ0v) is 10.2. The Balaban J connectivity index is 2.43. The molecule has 2 unspecified atom stereocenters. The van der Waals surface area contributed by atoms with Crippen LogP contribution < -0.4 is 5.73 Å². The van der Waals surface area contributed by atoms with E-state index in [0.29, 0.717) is 18.3 Å². The summed E-state index contributed by atoms with van der Waals surface area (Å²) in [6.45, 7) is 7.99. The summed E-state index contributed by atoms with van der Waals surface area (Å²) in [4.78, 5) is 13.8. The number of carbonyl (C=O) groups is 1. The number of piperidine rings is 1. The Morgan fingerprint density at radius 1 is 1.53 bits per heavy atom. The lowest BCUT2D eigenvalue weighted by molar-refractivity contribution is -0.133. The average molecular weight is 212 g/mol. The molecule has 3 nitrogen and oxygen atoms in total. The van der Waals surface area contributed by atoms with Crippen molar-refractivity contribution >= 4 is 5.91 Å². The molecule has 1 fully saturated rings. The van der Waals surface area contributed by atoms with E-state index in [-0.39, 0.29) is 11.9 Å². The van der Waals surface area contributed by atoms with E-state index in [2.05, 4.69) is 20.8 Å². The van der Waals surface area contributed by atoms with Crippen LogP contribution in [0.4, 0.5) is 0 Å². The highest BCUT2D eigenvalue weighted by Gasteiger charge is 2.27. The Morgan fingerprint density at radius 3 is 2.67 bits per heavy atom. The van der Waals surface area contributed by atoms with Crippen molar-refractivity contribution in [2.45, 2.75) is 46.1 Å². The van der Waals surface area contributed by atoms with Gasteiger partial charge in [-0.05, 0) is 18.3 Å². The van der Waals surface area contributed by atoms with E-state index in [0.717, 1.165) is 25.9 Å². The Morgan fingerprint density at radius 2 is 2.20 bits per heavy atom. The van der Waals surface area contributed by atoms with Crippen LogP contribution in [0.2, 0.25) is 0 Å². The third kappa shape index (κ3) is 3.49. The normalized spacial score (nSPS) is 27.1. The van der Waals surface area contributed by atoms with Crippen molar-refractivity contribution in [1.29, 1.82) is 0 Å². The summed E-state index contributed by atoms with van der Waals surface area (Å²) in [7, 11) is 0. The maximum atomic E-state index is 11.8. The molecule has 1 saturated heterocycles. The van der Waals surface area contributed by atoms with Gasteiger partial charge in [-0.3, -0.25) is 4.79 Å². The van der Waals surface area contributed by atoms with Gasteiger partial charge in [0, 0.05) is 25.6 Å². The van der Waals surface area contributed by atoms with Gasteiger partial charge < -0.3 is 10.6 Å². The van der Waals surface area contributed by atoms with Gasteiger partial charge in [0.1, 0.15) is 0 Å². The molecular formula is C12H24N2O. The predicted molar refractivity (Wildman–Crippen MR) is 62.4 cm³/mol. The molecular weight excluding hydrogens is 188 g/mol. The predicted octanol–water partition coefficient (Wildman–Crippen LogP) is 1.62. The van der Waals surface area contributed by atoms with E-state index in [1.54, 1.807) is 0 Å². The van der Waals surface area contributed by atoms with E-state index in [1.807, 2.05) is 4.90 Å². The van der Waals surface area contributed by atoms with Gasteiger partial charge in [0.05, 0.1) is 0 Å². The zero-order chi connectivity index (χ0) is 11.4. The summed E-state index contributed by atoms with van der Waals surface area (Å²) in [5.41, 5.74) is 6.05. The molecule has 0 spiro atoms. The molecule has 1 rings (SSSR count). The Bertz CT molecular complexity index is 216. The number of hydrogen-bond acceptors (Lipinski definition) is 2. The van der Waals surface area contributed by atoms with Gasteiger partial charge in [-0.15, -0.1) is 0 Å². The molecule has 3 heteroatoms. The summed E-state index contributed by atoms with van der Waals surface area (Å²) >= 11 is 0. The lowest BCUT2D eigenvalue weighted by atomic mass is 9.89. The molecule has 0 aromatic heterocycles. The number of amides is 1. The van der Waals surface area contributed by atoms with Crippen LogP contribution in [-0.4, -0.2) is 29.9 Å². The molecule has 1 aliphatic heterocycles. The molecule has 1 amide bonds. The smallest absolute Gasteiger partial charge is 0.222 e. The quantitative estimate of drug-likeness (QED) is 0.772. The number of nitrogens with zero attached hydrogens (tertiary/aromatic N) is 1. The molecule has 88 valence electrons. The standard InChI is InChI=1S/C12H24N2O/c1-4-10-5-6-14(8-11(10)13)12(15)7-9(2)3/h9-11H,4-8,13H2,1-3H3. The minimum Gasteiger partial charge on any atom is -0.341 e. The maximum Gasteiger partial charge on any atom is 0.222 e. The molecule has 0 bridgehead atoms. The molecule has 2 N–H and O–H groups in total. The molecule has 15 heavy (non-hydrogen) atoms. The average Bonchev–Trinajstić information content (AvgIpc) is 2.16. The van der Waals surface area contributed by atoms with Crippen molar-refractivity contribution in [3.63, 3.8) is 0 Å². The lowest BCUT2D eigenvalue weighted by Gasteiger charge is -2.36. The van der Waals surface area contributed by atoms with E-state index in [4.69, 9.17) is 5.73 Å². The first-order valence-corrected chi connectivity index (χ1v) is 6.08. The highest BCUT2D eigenvalue weighted by atomic mass is 16.2. The Hall–Kier alpha value is -0.570. The highest BCUT2D eigenvalue weighted by molar-refractivity contribution is 5.76. The molecule has 0 radical (unpaired) electrons. The Labute approximate surface area is 93.0 Å². The second kappa shape index (κ2) is 5.50. The fraction of sp³-hybridized carbons (Fsp3) is 0.917. The van der Waals surface area contributed by atoms with Crippen LogP contribution in [0.25, 0.3) is 0 Å². The SMILES string of the molecule is CCC1CCN(C(=O)CC(C)C)CC1N. The van der Waals surface area contributed by atoms with Crippen molar-refractivity contribution < 1.29 is 4.79 Å². The number of hydrogen-bond donors (Lipinski definition) is 1. The number of likely N-dealkylation sites (tertiary alicyclic amines) is 1. The van der Waals surface area contributed by atoms with E-state index < -0.39 is 0 Å². The van der Waals surface area contributed by atoms with Gasteiger partial charge in [-0.2, -0.15) is 0 Å². The van der Waals surface area contributed by atoms with Crippen molar-refractivity contribution in [1.82, 2.24) is 4.90 Å². The van der Waals surface area contributed by atoms with Crippen LogP contribution in [-0.2, 0) is 4.79 Å². The summed E-state index contributed by atoms with van der Waals surface area (Å²) in [5, 5.41) is 0. The van der Waals surface area contributed by atoms with Crippen LogP contribution in [0.5, 0.6) is 0 Å². The fourth-order valence-corrected chi connectivity index (χ4v) is 2.24. The molecule has 0 aromatic rings. The van der Waals surface area contributed by atoms with Crippen molar-refractivity contribution in [3.8, 4) is 0 Å².